The summed E-state index contributed by atoms with van der Waals surface area (Å²) in [6.07, 6.45) is 75.6. The Morgan fingerprint density at radius 1 is 0.269 bits per heavy atom. The predicted molar refractivity (Wildman–Crippen MR) is 428 cm³/mol. The van der Waals surface area contributed by atoms with Crippen LogP contribution in [-0.2, 0) is 65.4 Å². The van der Waals surface area contributed by atoms with Crippen LogP contribution in [0.1, 0.15) is 439 Å². The number of phosphoric ester groups is 2. The van der Waals surface area contributed by atoms with Gasteiger partial charge in [0, 0.05) is 25.7 Å². The average molecular weight is 1520 g/mol. The second-order valence-electron chi connectivity index (χ2n) is 29.9. The fourth-order valence-corrected chi connectivity index (χ4v) is 14.4. The van der Waals surface area contributed by atoms with Gasteiger partial charge in [0.2, 0.25) is 0 Å². The topological polar surface area (TPSA) is 237 Å². The van der Waals surface area contributed by atoms with E-state index in [1.165, 1.54) is 244 Å². The van der Waals surface area contributed by atoms with Gasteiger partial charge in [-0.05, 0) is 57.8 Å². The van der Waals surface area contributed by atoms with Crippen molar-refractivity contribution in [1.29, 1.82) is 0 Å². The van der Waals surface area contributed by atoms with Gasteiger partial charge in [-0.15, -0.1) is 0 Å². The first-order valence-electron chi connectivity index (χ1n) is 43.6. The van der Waals surface area contributed by atoms with Crippen molar-refractivity contribution in [2.45, 2.75) is 457 Å². The maximum atomic E-state index is 13.1. The van der Waals surface area contributed by atoms with E-state index in [1.54, 1.807) is 0 Å². The minimum Gasteiger partial charge on any atom is -0.462 e. The highest BCUT2D eigenvalue weighted by Crippen LogP contribution is 2.45. The second-order valence-corrected chi connectivity index (χ2v) is 32.8. The molecule has 3 N–H and O–H groups in total. The van der Waals surface area contributed by atoms with Crippen LogP contribution >= 0.6 is 15.6 Å². The Balaban J connectivity index is 5.30. The molecule has 0 fully saturated rings. The Bertz CT molecular complexity index is 2060. The second kappa shape index (κ2) is 78.7. The van der Waals surface area contributed by atoms with Gasteiger partial charge in [-0.25, -0.2) is 9.13 Å². The van der Waals surface area contributed by atoms with Crippen molar-refractivity contribution in [3.05, 3.63) is 24.3 Å². The number of rotatable bonds is 84. The number of aliphatic hydroxyl groups excluding tert-OH is 1. The molecular formula is C85H162O17P2. The smallest absolute Gasteiger partial charge is 0.462 e. The van der Waals surface area contributed by atoms with Gasteiger partial charge in [-0.3, -0.25) is 37.3 Å². The molecule has 0 saturated carbocycles. The standard InChI is InChI=1S/C85H162O17P2/c1-5-9-13-17-21-25-29-33-37-39-43-46-50-54-58-62-66-70-83(88)96-76-81(102-85(90)72-68-64-60-56-52-48-44-40-38-34-30-26-22-18-14-10-6-2)78-100-104(93,94)98-74-79(86)73-97-103(91,92)99-77-80(101-84(89)71-67-63-59-55-51-47-42-36-32-28-24-20-16-12-8-4)75-95-82(87)69-65-61-57-53-49-45-41-35-31-27-23-19-15-11-7-3/h23,27,35,41,79-81,86H,5-22,24-26,28-34,36-40,42-78H2,1-4H3,(H,91,92)(H,93,94)/b27-23-,41-35-/t79-,80-,81-/m1/s1. The number of esters is 4. The van der Waals surface area contributed by atoms with E-state index in [0.717, 1.165) is 116 Å². The van der Waals surface area contributed by atoms with Gasteiger partial charge in [-0.2, -0.15) is 0 Å². The van der Waals surface area contributed by atoms with Crippen molar-refractivity contribution >= 4 is 39.5 Å². The van der Waals surface area contributed by atoms with E-state index in [4.69, 9.17) is 37.0 Å². The molecule has 0 aromatic rings. The number of ether oxygens (including phenoxy) is 4. The zero-order valence-corrected chi connectivity index (χ0v) is 69.3. The number of hydrogen-bond acceptors (Lipinski definition) is 15. The summed E-state index contributed by atoms with van der Waals surface area (Å²) >= 11 is 0. The molecule has 0 saturated heterocycles. The predicted octanol–water partition coefficient (Wildman–Crippen LogP) is 25.7. The van der Waals surface area contributed by atoms with E-state index in [1.807, 2.05) is 0 Å². The number of carbonyl (C=O) groups is 4. The van der Waals surface area contributed by atoms with Gasteiger partial charge in [0.1, 0.15) is 19.3 Å². The summed E-state index contributed by atoms with van der Waals surface area (Å²) in [7, 11) is -9.94. The van der Waals surface area contributed by atoms with Crippen LogP contribution in [0.4, 0.5) is 0 Å². The lowest BCUT2D eigenvalue weighted by atomic mass is 10.0. The zero-order chi connectivity index (χ0) is 76.0. The number of hydrogen-bond donors (Lipinski definition) is 3. The molecule has 0 radical (unpaired) electrons. The molecule has 104 heavy (non-hydrogen) atoms. The molecule has 614 valence electrons. The van der Waals surface area contributed by atoms with Crippen molar-refractivity contribution < 1.29 is 80.2 Å². The van der Waals surface area contributed by atoms with Crippen LogP contribution in [0.5, 0.6) is 0 Å². The summed E-state index contributed by atoms with van der Waals surface area (Å²) in [6, 6.07) is 0. The molecule has 17 nitrogen and oxygen atoms in total. The molecule has 0 aromatic carbocycles. The summed E-state index contributed by atoms with van der Waals surface area (Å²) < 4.78 is 68.9. The minimum absolute atomic E-state index is 0.102. The van der Waals surface area contributed by atoms with Crippen molar-refractivity contribution in [3.8, 4) is 0 Å². The molecular weight excluding hydrogens is 1350 g/mol. The first kappa shape index (κ1) is 102. The number of unbranched alkanes of at least 4 members (excludes halogenated alkanes) is 54. The van der Waals surface area contributed by atoms with Crippen LogP contribution in [0.15, 0.2) is 24.3 Å². The minimum atomic E-state index is -4.97. The first-order chi connectivity index (χ1) is 50.7. The normalized spacial score (nSPS) is 13.9. The van der Waals surface area contributed by atoms with Gasteiger partial charge in [0.15, 0.2) is 12.2 Å². The highest BCUT2D eigenvalue weighted by atomic mass is 31.2. The Labute approximate surface area is 637 Å². The van der Waals surface area contributed by atoms with Crippen molar-refractivity contribution in [2.75, 3.05) is 39.6 Å². The van der Waals surface area contributed by atoms with Crippen molar-refractivity contribution in [1.82, 2.24) is 0 Å². The maximum Gasteiger partial charge on any atom is 0.472 e. The lowest BCUT2D eigenvalue weighted by Gasteiger charge is -2.21. The number of aliphatic hydroxyl groups is 1. The summed E-state index contributed by atoms with van der Waals surface area (Å²) in [6.45, 7) is 4.99. The molecule has 0 amide bonds. The summed E-state index contributed by atoms with van der Waals surface area (Å²) in [5.41, 5.74) is 0. The van der Waals surface area contributed by atoms with E-state index in [2.05, 4.69) is 52.0 Å². The number of phosphoric acid groups is 2. The summed E-state index contributed by atoms with van der Waals surface area (Å²) in [5, 5.41) is 10.7. The molecule has 5 atom stereocenters. The van der Waals surface area contributed by atoms with E-state index in [9.17, 15) is 43.2 Å². The molecule has 0 aliphatic carbocycles. The Kier molecular flexibility index (Phi) is 76.8. The van der Waals surface area contributed by atoms with E-state index in [0.29, 0.717) is 25.7 Å². The van der Waals surface area contributed by atoms with Crippen LogP contribution in [-0.4, -0.2) is 96.7 Å². The van der Waals surface area contributed by atoms with Gasteiger partial charge >= 0.3 is 39.5 Å². The molecule has 19 heteroatoms. The Morgan fingerprint density at radius 2 is 0.471 bits per heavy atom. The van der Waals surface area contributed by atoms with E-state index < -0.39 is 97.5 Å². The molecule has 0 bridgehead atoms. The van der Waals surface area contributed by atoms with E-state index in [-0.39, 0.29) is 25.7 Å². The SMILES string of the molecule is CCCCC/C=C\C/C=C\CCCCCCCC(=O)OC[C@H](COP(=O)(O)OC[C@@H](O)COP(=O)(O)OC[C@@H](COC(=O)CCCCCCCCCCCCCCCCCCC)OC(=O)CCCCCCCCCCCCCCCCCCC)OC(=O)CCCCCCCCCCCCCCCCC. The third-order valence-electron chi connectivity index (χ3n) is 19.4. The first-order valence-corrected chi connectivity index (χ1v) is 46.6. The van der Waals surface area contributed by atoms with E-state index >= 15 is 0 Å². The lowest BCUT2D eigenvalue weighted by molar-refractivity contribution is -0.161. The molecule has 0 rings (SSSR count). The molecule has 0 heterocycles. The van der Waals surface area contributed by atoms with Crippen LogP contribution in [0.3, 0.4) is 0 Å². The fourth-order valence-electron chi connectivity index (χ4n) is 12.8. The monoisotopic (exact) mass is 1520 g/mol. The Morgan fingerprint density at radius 3 is 0.731 bits per heavy atom. The van der Waals surface area contributed by atoms with Gasteiger partial charge in [-0.1, -0.05) is 379 Å². The molecule has 0 spiro atoms. The molecule has 0 aliphatic heterocycles. The summed E-state index contributed by atoms with van der Waals surface area (Å²) in [4.78, 5) is 73.2. The molecule has 0 aromatic heterocycles. The van der Waals surface area contributed by atoms with Gasteiger partial charge < -0.3 is 33.8 Å². The lowest BCUT2D eigenvalue weighted by Crippen LogP contribution is -2.30. The third-order valence-corrected chi connectivity index (χ3v) is 21.4. The van der Waals surface area contributed by atoms with Crippen LogP contribution in [0.25, 0.3) is 0 Å². The average Bonchev–Trinajstić information content (AvgIpc) is 0.926. The zero-order valence-electron chi connectivity index (χ0n) is 67.5. The highest BCUT2D eigenvalue weighted by Gasteiger charge is 2.30. The molecule has 2 unspecified atom stereocenters. The number of allylic oxidation sites excluding steroid dienone is 4. The van der Waals surface area contributed by atoms with Gasteiger partial charge in [0.05, 0.1) is 26.4 Å². The summed E-state index contributed by atoms with van der Waals surface area (Å²) in [5.74, 6) is -2.13. The van der Waals surface area contributed by atoms with Crippen molar-refractivity contribution in [2.24, 2.45) is 0 Å². The van der Waals surface area contributed by atoms with Crippen LogP contribution < -0.4 is 0 Å². The van der Waals surface area contributed by atoms with Crippen LogP contribution in [0, 0.1) is 0 Å². The van der Waals surface area contributed by atoms with Crippen molar-refractivity contribution in [3.63, 3.8) is 0 Å². The molecule has 0 aliphatic rings. The largest absolute Gasteiger partial charge is 0.472 e. The van der Waals surface area contributed by atoms with Crippen LogP contribution in [0.2, 0.25) is 0 Å². The van der Waals surface area contributed by atoms with Gasteiger partial charge in [0.25, 0.3) is 0 Å². The maximum absolute atomic E-state index is 13.1. The third kappa shape index (κ3) is 77.7. The Hall–Kier alpha value is -2.46. The fraction of sp³-hybridized carbons (Fsp3) is 0.906. The quantitative estimate of drug-likeness (QED) is 0.0169. The highest BCUT2D eigenvalue weighted by molar-refractivity contribution is 7.47. The number of carbonyl (C=O) groups excluding carboxylic acids is 4.